The van der Waals surface area contributed by atoms with Crippen molar-refractivity contribution in [3.63, 3.8) is 0 Å². The number of carbonyl (C=O) groups is 1. The van der Waals surface area contributed by atoms with Gasteiger partial charge in [-0.2, -0.15) is 0 Å². The van der Waals surface area contributed by atoms with E-state index in [0.29, 0.717) is 27.9 Å². The Labute approximate surface area is 146 Å². The van der Waals surface area contributed by atoms with Crippen LogP contribution in [0.25, 0.3) is 0 Å². The molecule has 0 bridgehead atoms. The van der Waals surface area contributed by atoms with Gasteiger partial charge < -0.3 is 4.74 Å². The maximum absolute atomic E-state index is 13.0. The van der Waals surface area contributed by atoms with Gasteiger partial charge in [0.25, 0.3) is 5.91 Å². The van der Waals surface area contributed by atoms with E-state index in [0.717, 1.165) is 12.8 Å². The molecule has 1 aliphatic rings. The number of pyridine rings is 1. The van der Waals surface area contributed by atoms with Gasteiger partial charge in [0.05, 0.1) is 18.7 Å². The molecule has 0 radical (unpaired) electrons. The summed E-state index contributed by atoms with van der Waals surface area (Å²) >= 11 is 6.06. The minimum Gasteiger partial charge on any atom is -0.496 e. The number of benzene rings is 1. The summed E-state index contributed by atoms with van der Waals surface area (Å²) in [4.78, 5) is 17.8. The Morgan fingerprint density at radius 2 is 2.00 bits per heavy atom. The zero-order chi connectivity index (χ0) is 16.9. The molecule has 0 unspecified atom stereocenters. The quantitative estimate of drug-likeness (QED) is 0.842. The average molecular weight is 345 g/mol. The molecule has 24 heavy (non-hydrogen) atoms. The van der Waals surface area contributed by atoms with Crippen LogP contribution in [0, 0.1) is 0 Å². The van der Waals surface area contributed by atoms with E-state index in [1.54, 1.807) is 36.1 Å². The number of hydrogen-bond acceptors (Lipinski definition) is 3. The first kappa shape index (κ1) is 16.8. The second-order valence-electron chi connectivity index (χ2n) is 6.00. The maximum atomic E-state index is 13.0. The molecule has 2 aromatic rings. The third kappa shape index (κ3) is 3.70. The number of ether oxygens (including phenoxy) is 1. The predicted molar refractivity (Wildman–Crippen MR) is 94.6 cm³/mol. The maximum Gasteiger partial charge on any atom is 0.267 e. The zero-order valence-electron chi connectivity index (χ0n) is 13.7. The fourth-order valence-corrected chi connectivity index (χ4v) is 3.26. The number of nitrogens with zero attached hydrogens (tertiary/aromatic N) is 2. The van der Waals surface area contributed by atoms with Crippen LogP contribution in [0.5, 0.6) is 5.75 Å². The van der Waals surface area contributed by atoms with E-state index in [1.165, 1.54) is 19.3 Å². The molecule has 1 aliphatic carbocycles. The van der Waals surface area contributed by atoms with Crippen LogP contribution in [0.4, 0.5) is 0 Å². The summed E-state index contributed by atoms with van der Waals surface area (Å²) in [6, 6.07) is 10.9. The molecule has 1 fully saturated rings. The molecule has 3 rings (SSSR count). The fourth-order valence-electron chi connectivity index (χ4n) is 3.09. The number of methoxy groups -OCH3 is 1. The molecule has 5 heteroatoms. The van der Waals surface area contributed by atoms with Gasteiger partial charge in [-0.15, -0.1) is 0 Å². The van der Waals surface area contributed by atoms with Crippen molar-refractivity contribution in [1.29, 1.82) is 0 Å². The minimum absolute atomic E-state index is 0.190. The first-order valence-electron chi connectivity index (χ1n) is 8.29. The van der Waals surface area contributed by atoms with Crippen LogP contribution in [-0.2, 0) is 0 Å². The monoisotopic (exact) mass is 344 g/mol. The molecule has 0 aliphatic heterocycles. The van der Waals surface area contributed by atoms with E-state index in [4.69, 9.17) is 21.3 Å². The molecule has 126 valence electrons. The van der Waals surface area contributed by atoms with Crippen molar-refractivity contribution in [2.24, 2.45) is 4.99 Å². The van der Waals surface area contributed by atoms with E-state index in [1.807, 2.05) is 18.2 Å². The van der Waals surface area contributed by atoms with Crippen LogP contribution in [0.15, 0.2) is 47.6 Å². The lowest BCUT2D eigenvalue weighted by Gasteiger charge is -2.18. The third-order valence-electron chi connectivity index (χ3n) is 4.34. The molecular weight excluding hydrogens is 324 g/mol. The molecular formula is C19H21ClN2O2. The van der Waals surface area contributed by atoms with Crippen molar-refractivity contribution >= 4 is 17.5 Å². The van der Waals surface area contributed by atoms with Gasteiger partial charge in [0.15, 0.2) is 0 Å². The SMILES string of the molecule is COc1ccc(Cl)cc1C(=O)n1ccccc1=NC1CCCCC1. The highest BCUT2D eigenvalue weighted by Crippen LogP contribution is 2.23. The normalized spacial score (nSPS) is 16.2. The summed E-state index contributed by atoms with van der Waals surface area (Å²) in [5, 5.41) is 0.501. The Kier molecular flexibility index (Phi) is 5.36. The second kappa shape index (κ2) is 7.67. The summed E-state index contributed by atoms with van der Waals surface area (Å²) in [5.74, 6) is 0.314. The molecule has 0 spiro atoms. The van der Waals surface area contributed by atoms with E-state index in [-0.39, 0.29) is 5.91 Å². The van der Waals surface area contributed by atoms with E-state index >= 15 is 0 Å². The van der Waals surface area contributed by atoms with Crippen molar-refractivity contribution in [3.05, 3.63) is 58.7 Å². The number of rotatable bonds is 3. The predicted octanol–water partition coefficient (Wildman–Crippen LogP) is 4.07. The summed E-state index contributed by atoms with van der Waals surface area (Å²) < 4.78 is 6.88. The van der Waals surface area contributed by atoms with Crippen molar-refractivity contribution in [3.8, 4) is 5.75 Å². The summed E-state index contributed by atoms with van der Waals surface area (Å²) in [7, 11) is 1.54. The van der Waals surface area contributed by atoms with Crippen molar-refractivity contribution in [1.82, 2.24) is 4.57 Å². The molecule has 0 atom stereocenters. The van der Waals surface area contributed by atoms with Crippen LogP contribution < -0.4 is 10.2 Å². The van der Waals surface area contributed by atoms with Gasteiger partial charge in [0, 0.05) is 11.2 Å². The minimum atomic E-state index is -0.190. The lowest BCUT2D eigenvalue weighted by molar-refractivity contribution is 0.0951. The molecule has 4 nitrogen and oxygen atoms in total. The highest BCUT2D eigenvalue weighted by atomic mass is 35.5. The molecule has 0 saturated heterocycles. The highest BCUT2D eigenvalue weighted by Gasteiger charge is 2.16. The first-order valence-corrected chi connectivity index (χ1v) is 8.66. The number of hydrogen-bond donors (Lipinski definition) is 0. The second-order valence-corrected chi connectivity index (χ2v) is 6.44. The van der Waals surface area contributed by atoms with E-state index in [2.05, 4.69) is 0 Å². The number of halogens is 1. The van der Waals surface area contributed by atoms with Crippen molar-refractivity contribution < 1.29 is 9.53 Å². The number of carbonyl (C=O) groups excluding carboxylic acids is 1. The van der Waals surface area contributed by atoms with Gasteiger partial charge in [-0.25, -0.2) is 0 Å². The van der Waals surface area contributed by atoms with Gasteiger partial charge >= 0.3 is 0 Å². The molecule has 0 N–H and O–H groups in total. The fraction of sp³-hybridized carbons (Fsp3) is 0.368. The van der Waals surface area contributed by atoms with Gasteiger partial charge in [-0.1, -0.05) is 36.9 Å². The Balaban J connectivity index is 2.02. The summed E-state index contributed by atoms with van der Waals surface area (Å²) in [6.07, 6.45) is 7.60. The summed E-state index contributed by atoms with van der Waals surface area (Å²) in [6.45, 7) is 0. The molecule has 1 saturated carbocycles. The lowest BCUT2D eigenvalue weighted by atomic mass is 9.96. The largest absolute Gasteiger partial charge is 0.496 e. The van der Waals surface area contributed by atoms with Gasteiger partial charge in [0.1, 0.15) is 11.2 Å². The van der Waals surface area contributed by atoms with Gasteiger partial charge in [-0.05, 0) is 43.2 Å². The van der Waals surface area contributed by atoms with E-state index < -0.39 is 0 Å². The van der Waals surface area contributed by atoms with Crippen molar-refractivity contribution in [2.45, 2.75) is 38.1 Å². The van der Waals surface area contributed by atoms with E-state index in [9.17, 15) is 4.79 Å². The van der Waals surface area contributed by atoms with Crippen molar-refractivity contribution in [2.75, 3.05) is 7.11 Å². The van der Waals surface area contributed by atoms with Crippen LogP contribution in [0.3, 0.4) is 0 Å². The summed E-state index contributed by atoms with van der Waals surface area (Å²) in [5.41, 5.74) is 1.11. The number of aromatic nitrogens is 1. The smallest absolute Gasteiger partial charge is 0.267 e. The zero-order valence-corrected chi connectivity index (χ0v) is 14.5. The van der Waals surface area contributed by atoms with Crippen LogP contribution >= 0.6 is 11.6 Å². The van der Waals surface area contributed by atoms with Crippen LogP contribution in [0.1, 0.15) is 42.5 Å². The standard InChI is InChI=1S/C19H21ClN2O2/c1-24-17-11-10-14(20)13-16(17)19(23)22-12-6-5-9-18(22)21-15-7-3-2-4-8-15/h5-6,9-13,15H,2-4,7-8H2,1H3. The Bertz CT molecular complexity index is 792. The molecule has 1 aromatic heterocycles. The topological polar surface area (TPSA) is 43.6 Å². The highest BCUT2D eigenvalue weighted by molar-refractivity contribution is 6.31. The lowest BCUT2D eigenvalue weighted by Crippen LogP contribution is -2.29. The van der Waals surface area contributed by atoms with Crippen LogP contribution in [-0.4, -0.2) is 23.6 Å². The molecule has 0 amide bonds. The van der Waals surface area contributed by atoms with Crippen LogP contribution in [0.2, 0.25) is 5.02 Å². The Morgan fingerprint density at radius 3 is 2.75 bits per heavy atom. The Morgan fingerprint density at radius 1 is 1.21 bits per heavy atom. The van der Waals surface area contributed by atoms with Gasteiger partial charge in [0.2, 0.25) is 0 Å². The molecule has 1 heterocycles. The third-order valence-corrected chi connectivity index (χ3v) is 4.57. The average Bonchev–Trinajstić information content (AvgIpc) is 2.62. The Hall–Kier alpha value is -2.07. The molecule has 1 aromatic carbocycles. The van der Waals surface area contributed by atoms with Gasteiger partial charge in [-0.3, -0.25) is 14.4 Å². The first-order chi connectivity index (χ1) is 11.7.